The van der Waals surface area contributed by atoms with E-state index >= 15 is 0 Å². The molecule has 1 amide bonds. The van der Waals surface area contributed by atoms with Crippen molar-refractivity contribution in [2.24, 2.45) is 0 Å². The van der Waals surface area contributed by atoms with Crippen molar-refractivity contribution in [3.8, 4) is 5.75 Å². The second kappa shape index (κ2) is 11.3. The van der Waals surface area contributed by atoms with Crippen LogP contribution in [-0.2, 0) is 16.0 Å². The van der Waals surface area contributed by atoms with E-state index in [1.54, 1.807) is 6.20 Å². The Morgan fingerprint density at radius 2 is 1.88 bits per heavy atom. The molecule has 1 atom stereocenters. The van der Waals surface area contributed by atoms with Crippen molar-refractivity contribution in [1.82, 2.24) is 10.3 Å². The molecule has 4 rings (SSSR count). The molecule has 1 aliphatic rings. The zero-order chi connectivity index (χ0) is 23.8. The van der Waals surface area contributed by atoms with Crippen LogP contribution < -0.4 is 15.0 Å². The van der Waals surface area contributed by atoms with Crippen LogP contribution >= 0.6 is 0 Å². The second-order valence-corrected chi connectivity index (χ2v) is 8.34. The van der Waals surface area contributed by atoms with Crippen molar-refractivity contribution < 1.29 is 19.4 Å². The molecule has 2 aromatic carbocycles. The molecule has 1 unspecified atom stereocenters. The van der Waals surface area contributed by atoms with Crippen LogP contribution in [0.5, 0.6) is 5.75 Å². The van der Waals surface area contributed by atoms with Gasteiger partial charge in [0.15, 0.2) is 6.61 Å². The predicted molar refractivity (Wildman–Crippen MR) is 131 cm³/mol. The van der Waals surface area contributed by atoms with Gasteiger partial charge in [-0.25, -0.2) is 9.78 Å². The van der Waals surface area contributed by atoms with Crippen molar-refractivity contribution >= 4 is 23.4 Å². The molecule has 1 aromatic heterocycles. The van der Waals surface area contributed by atoms with Crippen LogP contribution in [0.3, 0.4) is 0 Å². The van der Waals surface area contributed by atoms with E-state index in [2.05, 4.69) is 16.4 Å². The van der Waals surface area contributed by atoms with E-state index < -0.39 is 5.97 Å². The van der Waals surface area contributed by atoms with Gasteiger partial charge >= 0.3 is 5.97 Å². The number of fused-ring (bicyclic) bond motifs is 1. The lowest BCUT2D eigenvalue weighted by Gasteiger charge is -2.27. The molecule has 3 aromatic rings. The number of aromatic nitrogens is 1. The first-order chi connectivity index (χ1) is 16.6. The first-order valence-electron chi connectivity index (χ1n) is 11.6. The lowest BCUT2D eigenvalue weighted by atomic mass is 9.80. The average molecular weight is 460 g/mol. The number of ether oxygens (including phenoxy) is 1. The van der Waals surface area contributed by atoms with Gasteiger partial charge in [-0.3, -0.25) is 4.79 Å². The van der Waals surface area contributed by atoms with E-state index in [-0.39, 0.29) is 19.1 Å². The SMILES string of the molecule is O=C(O)COc1cccc2c1CCCC2CCNC(=O)CN(c1ccccc1)c1ccccn1. The molecule has 1 heterocycles. The minimum absolute atomic E-state index is 0.0657. The van der Waals surface area contributed by atoms with Crippen molar-refractivity contribution in [2.75, 3.05) is 24.6 Å². The van der Waals surface area contributed by atoms with Crippen LogP contribution in [0.15, 0.2) is 72.9 Å². The molecule has 0 radical (unpaired) electrons. The summed E-state index contributed by atoms with van der Waals surface area (Å²) in [5, 5.41) is 12.0. The van der Waals surface area contributed by atoms with E-state index in [0.717, 1.165) is 42.8 Å². The number of rotatable bonds is 10. The Morgan fingerprint density at radius 3 is 2.65 bits per heavy atom. The number of carbonyl (C=O) groups excluding carboxylic acids is 1. The Morgan fingerprint density at radius 1 is 1.06 bits per heavy atom. The number of amides is 1. The van der Waals surface area contributed by atoms with Gasteiger partial charge in [-0.1, -0.05) is 36.4 Å². The molecule has 7 heteroatoms. The average Bonchev–Trinajstić information content (AvgIpc) is 2.87. The summed E-state index contributed by atoms with van der Waals surface area (Å²) in [5.41, 5.74) is 3.20. The minimum atomic E-state index is -0.983. The molecule has 2 N–H and O–H groups in total. The number of carboxylic acid groups (broad SMARTS) is 1. The lowest BCUT2D eigenvalue weighted by Crippen LogP contribution is -2.36. The number of hydrogen-bond acceptors (Lipinski definition) is 5. The summed E-state index contributed by atoms with van der Waals surface area (Å²) in [6, 6.07) is 21.2. The molecule has 176 valence electrons. The monoisotopic (exact) mass is 459 g/mol. The molecular weight excluding hydrogens is 430 g/mol. The largest absolute Gasteiger partial charge is 0.482 e. The van der Waals surface area contributed by atoms with Crippen LogP contribution in [0.1, 0.15) is 36.3 Å². The van der Waals surface area contributed by atoms with Gasteiger partial charge in [-0.15, -0.1) is 0 Å². The van der Waals surface area contributed by atoms with E-state index in [4.69, 9.17) is 9.84 Å². The predicted octanol–water partition coefficient (Wildman–Crippen LogP) is 4.31. The quantitative estimate of drug-likeness (QED) is 0.469. The van der Waals surface area contributed by atoms with E-state index in [1.807, 2.05) is 65.6 Å². The molecule has 0 saturated heterocycles. The molecule has 0 bridgehead atoms. The highest BCUT2D eigenvalue weighted by molar-refractivity contribution is 5.83. The Kier molecular flexibility index (Phi) is 7.75. The molecule has 0 saturated carbocycles. The molecule has 1 aliphatic carbocycles. The Labute approximate surface area is 199 Å². The fourth-order valence-electron chi connectivity index (χ4n) is 4.50. The molecule has 7 nitrogen and oxygen atoms in total. The first-order valence-corrected chi connectivity index (χ1v) is 11.6. The van der Waals surface area contributed by atoms with Crippen LogP contribution in [0, 0.1) is 0 Å². The third kappa shape index (κ3) is 5.92. The number of hydrogen-bond donors (Lipinski definition) is 2. The lowest BCUT2D eigenvalue weighted by molar-refractivity contribution is -0.139. The van der Waals surface area contributed by atoms with Crippen molar-refractivity contribution in [3.05, 3.63) is 84.1 Å². The fourth-order valence-corrected chi connectivity index (χ4v) is 4.50. The maximum Gasteiger partial charge on any atom is 0.341 e. The zero-order valence-corrected chi connectivity index (χ0v) is 19.0. The molecule has 0 spiro atoms. The number of nitrogens with one attached hydrogen (secondary N) is 1. The van der Waals surface area contributed by atoms with Gasteiger partial charge in [-0.2, -0.15) is 0 Å². The summed E-state index contributed by atoms with van der Waals surface area (Å²) in [6.45, 7) is 0.398. The zero-order valence-electron chi connectivity index (χ0n) is 19.0. The Bertz CT molecular complexity index is 1070. The van der Waals surface area contributed by atoms with Crippen molar-refractivity contribution in [3.63, 3.8) is 0 Å². The summed E-state index contributed by atoms with van der Waals surface area (Å²) in [7, 11) is 0. The maximum absolute atomic E-state index is 12.8. The third-order valence-corrected chi connectivity index (χ3v) is 6.05. The summed E-state index contributed by atoms with van der Waals surface area (Å²) in [4.78, 5) is 30.0. The Balaban J connectivity index is 1.37. The van der Waals surface area contributed by atoms with Gasteiger partial charge < -0.3 is 20.1 Å². The number of para-hydroxylation sites is 1. The first kappa shape index (κ1) is 23.3. The molecule has 0 fully saturated rings. The normalized spacial score (nSPS) is 14.6. The number of carbonyl (C=O) groups is 2. The van der Waals surface area contributed by atoms with Crippen LogP contribution in [0.4, 0.5) is 11.5 Å². The van der Waals surface area contributed by atoms with Gasteiger partial charge in [0.1, 0.15) is 18.1 Å². The minimum Gasteiger partial charge on any atom is -0.482 e. The Hall–Kier alpha value is -3.87. The number of benzene rings is 2. The fraction of sp³-hybridized carbons (Fsp3) is 0.296. The summed E-state index contributed by atoms with van der Waals surface area (Å²) >= 11 is 0. The summed E-state index contributed by atoms with van der Waals surface area (Å²) in [6.07, 6.45) is 5.47. The molecular formula is C27H29N3O4. The van der Waals surface area contributed by atoms with Crippen LogP contribution in [0.2, 0.25) is 0 Å². The van der Waals surface area contributed by atoms with Gasteiger partial charge in [0.05, 0.1) is 0 Å². The highest BCUT2D eigenvalue weighted by Crippen LogP contribution is 2.38. The van der Waals surface area contributed by atoms with Gasteiger partial charge in [0, 0.05) is 18.4 Å². The van der Waals surface area contributed by atoms with Gasteiger partial charge in [0.2, 0.25) is 5.91 Å². The van der Waals surface area contributed by atoms with Crippen LogP contribution in [-0.4, -0.2) is 41.7 Å². The topological polar surface area (TPSA) is 91.8 Å². The summed E-state index contributed by atoms with van der Waals surface area (Å²) < 4.78 is 5.50. The van der Waals surface area contributed by atoms with Crippen molar-refractivity contribution in [2.45, 2.75) is 31.6 Å². The number of pyridine rings is 1. The highest BCUT2D eigenvalue weighted by atomic mass is 16.5. The summed E-state index contributed by atoms with van der Waals surface area (Å²) in [5.74, 6) is 0.631. The smallest absolute Gasteiger partial charge is 0.341 e. The van der Waals surface area contributed by atoms with E-state index in [1.165, 1.54) is 5.56 Å². The standard InChI is InChI=1S/C27H29N3O4/c31-26(18-30(21-9-2-1-3-10-21)25-14-4-5-16-28-25)29-17-15-20-8-6-12-23-22(20)11-7-13-24(23)34-19-27(32)33/h1-5,7,9-11,13-14,16,20H,6,8,12,15,17-19H2,(H,29,31)(H,32,33). The van der Waals surface area contributed by atoms with Gasteiger partial charge in [0.25, 0.3) is 0 Å². The number of anilines is 2. The van der Waals surface area contributed by atoms with E-state index in [0.29, 0.717) is 18.2 Å². The number of aliphatic carboxylic acids is 1. The second-order valence-electron chi connectivity index (χ2n) is 8.34. The van der Waals surface area contributed by atoms with Gasteiger partial charge in [-0.05, 0) is 73.1 Å². The number of carboxylic acids is 1. The molecule has 0 aliphatic heterocycles. The number of nitrogens with zero attached hydrogens (tertiary/aromatic N) is 2. The maximum atomic E-state index is 12.8. The third-order valence-electron chi connectivity index (χ3n) is 6.05. The molecule has 34 heavy (non-hydrogen) atoms. The van der Waals surface area contributed by atoms with E-state index in [9.17, 15) is 9.59 Å². The van der Waals surface area contributed by atoms with Crippen LogP contribution in [0.25, 0.3) is 0 Å². The highest BCUT2D eigenvalue weighted by Gasteiger charge is 2.23. The van der Waals surface area contributed by atoms with Crippen molar-refractivity contribution in [1.29, 1.82) is 0 Å².